The number of esters is 1. The number of hydrogen-bond acceptors (Lipinski definition) is 2. The standard InChI is InChI=1S/C6H10O2/c1-3-4-5-8-6(2)7/h4-5H,3H2,1-2H3/b5-4+. The Kier molecular flexibility index (Phi) is 3.94. The van der Waals surface area contributed by atoms with Gasteiger partial charge in [-0.15, -0.1) is 0 Å². The number of ether oxygens (including phenoxy) is 1. The highest BCUT2D eigenvalue weighted by Crippen LogP contribution is 1.81. The van der Waals surface area contributed by atoms with E-state index >= 15 is 0 Å². The Bertz CT molecular complexity index is 94.7. The minimum absolute atomic E-state index is 0.269. The van der Waals surface area contributed by atoms with Gasteiger partial charge in [-0.3, -0.25) is 4.79 Å². The van der Waals surface area contributed by atoms with Crippen LogP contribution in [0, 0.1) is 0 Å². The van der Waals surface area contributed by atoms with Crippen LogP contribution in [0.2, 0.25) is 0 Å². The minimum Gasteiger partial charge on any atom is -0.435 e. The normalized spacial score (nSPS) is 9.75. The minimum atomic E-state index is -0.269. The molecule has 0 N–H and O–H groups in total. The molecule has 0 rings (SSSR count). The fourth-order valence-electron chi connectivity index (χ4n) is 0.240. The van der Waals surface area contributed by atoms with Crippen molar-refractivity contribution in [2.75, 3.05) is 0 Å². The van der Waals surface area contributed by atoms with Crippen molar-refractivity contribution in [3.05, 3.63) is 12.3 Å². The van der Waals surface area contributed by atoms with Gasteiger partial charge in [-0.2, -0.15) is 0 Å². The SMILES string of the molecule is CC/C=C/OC(C)=O. The van der Waals surface area contributed by atoms with Gasteiger partial charge in [0.1, 0.15) is 0 Å². The molecule has 0 atom stereocenters. The van der Waals surface area contributed by atoms with Crippen molar-refractivity contribution in [1.82, 2.24) is 0 Å². The summed E-state index contributed by atoms with van der Waals surface area (Å²) in [6.45, 7) is 3.35. The van der Waals surface area contributed by atoms with Crippen molar-refractivity contribution in [3.8, 4) is 0 Å². The van der Waals surface area contributed by atoms with Gasteiger partial charge in [0.15, 0.2) is 0 Å². The summed E-state index contributed by atoms with van der Waals surface area (Å²) < 4.78 is 4.46. The maximum atomic E-state index is 10.0. The van der Waals surface area contributed by atoms with Gasteiger partial charge >= 0.3 is 5.97 Å². The summed E-state index contributed by atoms with van der Waals surface area (Å²) in [6, 6.07) is 0. The molecule has 0 heterocycles. The van der Waals surface area contributed by atoms with Crippen LogP contribution >= 0.6 is 0 Å². The third-order valence-corrected chi connectivity index (χ3v) is 0.566. The fourth-order valence-corrected chi connectivity index (χ4v) is 0.240. The van der Waals surface area contributed by atoms with Crippen LogP contribution in [0.5, 0.6) is 0 Å². The highest BCUT2D eigenvalue weighted by Gasteiger charge is 1.81. The molecule has 0 aliphatic rings. The van der Waals surface area contributed by atoms with Gasteiger partial charge in [0.25, 0.3) is 0 Å². The first-order chi connectivity index (χ1) is 3.77. The van der Waals surface area contributed by atoms with Gasteiger partial charge < -0.3 is 4.74 Å². The lowest BCUT2D eigenvalue weighted by Gasteiger charge is -1.86. The van der Waals surface area contributed by atoms with Crippen LogP contribution in [0.3, 0.4) is 0 Å². The Morgan fingerprint density at radius 2 is 2.38 bits per heavy atom. The van der Waals surface area contributed by atoms with Crippen molar-refractivity contribution in [2.24, 2.45) is 0 Å². The predicted octanol–water partition coefficient (Wildman–Crippen LogP) is 1.47. The van der Waals surface area contributed by atoms with Gasteiger partial charge in [-0.25, -0.2) is 0 Å². The van der Waals surface area contributed by atoms with Gasteiger partial charge in [0.2, 0.25) is 0 Å². The van der Waals surface area contributed by atoms with E-state index in [4.69, 9.17) is 0 Å². The van der Waals surface area contributed by atoms with E-state index < -0.39 is 0 Å². The zero-order valence-electron chi connectivity index (χ0n) is 5.18. The van der Waals surface area contributed by atoms with Crippen molar-refractivity contribution in [3.63, 3.8) is 0 Å². The zero-order valence-corrected chi connectivity index (χ0v) is 5.18. The quantitative estimate of drug-likeness (QED) is 0.401. The van der Waals surface area contributed by atoms with Crippen LogP contribution in [-0.2, 0) is 9.53 Å². The first-order valence-corrected chi connectivity index (χ1v) is 2.59. The lowest BCUT2D eigenvalue weighted by molar-refractivity contribution is -0.135. The molecule has 0 bridgehead atoms. The van der Waals surface area contributed by atoms with Crippen molar-refractivity contribution < 1.29 is 9.53 Å². The molecular weight excluding hydrogens is 104 g/mol. The highest BCUT2D eigenvalue weighted by atomic mass is 16.5. The van der Waals surface area contributed by atoms with Gasteiger partial charge in [-0.1, -0.05) is 6.92 Å². The molecule has 2 heteroatoms. The first kappa shape index (κ1) is 7.21. The van der Waals surface area contributed by atoms with Crippen LogP contribution < -0.4 is 0 Å². The Balaban J connectivity index is 3.16. The summed E-state index contributed by atoms with van der Waals surface area (Å²) >= 11 is 0. The van der Waals surface area contributed by atoms with E-state index in [9.17, 15) is 4.79 Å². The largest absolute Gasteiger partial charge is 0.435 e. The topological polar surface area (TPSA) is 26.3 Å². The molecular formula is C6H10O2. The molecule has 0 aliphatic heterocycles. The molecule has 0 fully saturated rings. The summed E-state index contributed by atoms with van der Waals surface area (Å²) in [5.74, 6) is -0.269. The molecule has 0 aromatic rings. The van der Waals surface area contributed by atoms with Crippen LogP contribution in [0.4, 0.5) is 0 Å². The summed E-state index contributed by atoms with van der Waals surface area (Å²) in [5, 5.41) is 0. The third kappa shape index (κ3) is 5.21. The third-order valence-electron chi connectivity index (χ3n) is 0.566. The number of carbonyl (C=O) groups is 1. The molecule has 0 saturated carbocycles. The average Bonchev–Trinajstić information content (AvgIpc) is 1.66. The lowest BCUT2D eigenvalue weighted by atomic mass is 10.5. The van der Waals surface area contributed by atoms with E-state index in [2.05, 4.69) is 4.74 Å². The van der Waals surface area contributed by atoms with E-state index in [0.717, 1.165) is 6.42 Å². The second-order valence-corrected chi connectivity index (χ2v) is 1.39. The summed E-state index contributed by atoms with van der Waals surface area (Å²) in [5.41, 5.74) is 0. The molecule has 0 radical (unpaired) electrons. The Labute approximate surface area is 49.1 Å². The smallest absolute Gasteiger partial charge is 0.307 e. The maximum absolute atomic E-state index is 10.0. The van der Waals surface area contributed by atoms with Crippen LogP contribution in [0.25, 0.3) is 0 Å². The maximum Gasteiger partial charge on any atom is 0.307 e. The summed E-state index contributed by atoms with van der Waals surface area (Å²) in [6.07, 6.45) is 4.08. The molecule has 0 aromatic heterocycles. The molecule has 2 nitrogen and oxygen atoms in total. The molecule has 0 saturated heterocycles. The average molecular weight is 114 g/mol. The predicted molar refractivity (Wildman–Crippen MR) is 31.2 cm³/mol. The van der Waals surface area contributed by atoms with Gasteiger partial charge in [0, 0.05) is 6.92 Å². The summed E-state index contributed by atoms with van der Waals surface area (Å²) in [7, 11) is 0. The molecule has 0 unspecified atom stereocenters. The first-order valence-electron chi connectivity index (χ1n) is 2.59. The van der Waals surface area contributed by atoms with Crippen LogP contribution in [-0.4, -0.2) is 5.97 Å². The summed E-state index contributed by atoms with van der Waals surface area (Å²) in [4.78, 5) is 10.0. The van der Waals surface area contributed by atoms with Crippen molar-refractivity contribution >= 4 is 5.97 Å². The molecule has 0 aromatic carbocycles. The molecule has 0 aliphatic carbocycles. The van der Waals surface area contributed by atoms with Crippen molar-refractivity contribution in [2.45, 2.75) is 20.3 Å². The van der Waals surface area contributed by atoms with E-state index in [-0.39, 0.29) is 5.97 Å². The number of hydrogen-bond donors (Lipinski definition) is 0. The second-order valence-electron chi connectivity index (χ2n) is 1.39. The van der Waals surface area contributed by atoms with Gasteiger partial charge in [0.05, 0.1) is 6.26 Å². The van der Waals surface area contributed by atoms with Crippen molar-refractivity contribution in [1.29, 1.82) is 0 Å². The van der Waals surface area contributed by atoms with E-state index in [1.807, 2.05) is 6.92 Å². The monoisotopic (exact) mass is 114 g/mol. The number of allylic oxidation sites excluding steroid dienone is 1. The van der Waals surface area contributed by atoms with Crippen LogP contribution in [0.1, 0.15) is 20.3 Å². The molecule has 0 spiro atoms. The van der Waals surface area contributed by atoms with E-state index in [1.54, 1.807) is 6.08 Å². The Hall–Kier alpha value is -0.790. The Morgan fingerprint density at radius 1 is 1.75 bits per heavy atom. The molecule has 46 valence electrons. The number of rotatable bonds is 2. The van der Waals surface area contributed by atoms with E-state index in [1.165, 1.54) is 13.2 Å². The highest BCUT2D eigenvalue weighted by molar-refractivity contribution is 5.66. The lowest BCUT2D eigenvalue weighted by Crippen LogP contribution is -1.88. The van der Waals surface area contributed by atoms with Gasteiger partial charge in [-0.05, 0) is 12.5 Å². The number of carbonyl (C=O) groups excluding carboxylic acids is 1. The second kappa shape index (κ2) is 4.37. The van der Waals surface area contributed by atoms with Crippen LogP contribution in [0.15, 0.2) is 12.3 Å². The van der Waals surface area contributed by atoms with E-state index in [0.29, 0.717) is 0 Å². The molecule has 0 amide bonds. The zero-order chi connectivity index (χ0) is 6.41. The Morgan fingerprint density at radius 3 is 2.75 bits per heavy atom. The molecule has 8 heavy (non-hydrogen) atoms. The fraction of sp³-hybridized carbons (Fsp3) is 0.500.